The molecule has 0 fully saturated rings. The summed E-state index contributed by atoms with van der Waals surface area (Å²) in [6, 6.07) is 9.26. The minimum absolute atomic E-state index is 0.486. The first-order valence-corrected chi connectivity index (χ1v) is 5.84. The smallest absolute Gasteiger partial charge is 0.150 e. The number of hydrogen-bond donors (Lipinski definition) is 1. The van der Waals surface area contributed by atoms with Crippen LogP contribution in [0.5, 0.6) is 0 Å². The van der Waals surface area contributed by atoms with E-state index in [2.05, 4.69) is 9.97 Å². The summed E-state index contributed by atoms with van der Waals surface area (Å²) in [5.74, 6) is 0. The fraction of sp³-hybridized carbons (Fsp3) is 0. The van der Waals surface area contributed by atoms with Gasteiger partial charge in [-0.05, 0) is 11.6 Å². The average molecular weight is 257 g/mol. The van der Waals surface area contributed by atoms with Crippen LogP contribution >= 0.6 is 11.6 Å². The van der Waals surface area contributed by atoms with Crippen molar-refractivity contribution in [3.8, 4) is 11.1 Å². The predicted molar refractivity (Wildman–Crippen MR) is 71.9 cm³/mol. The van der Waals surface area contributed by atoms with Crippen LogP contribution in [-0.4, -0.2) is 16.3 Å². The number of aromatic amines is 1. The fourth-order valence-corrected chi connectivity index (χ4v) is 2.19. The lowest BCUT2D eigenvalue weighted by atomic mass is 10.0. The number of hydrogen-bond acceptors (Lipinski definition) is 2. The Kier molecular flexibility index (Phi) is 2.61. The molecule has 0 unspecified atom stereocenters. The van der Waals surface area contributed by atoms with Gasteiger partial charge in [-0.2, -0.15) is 0 Å². The second-order valence-corrected chi connectivity index (χ2v) is 4.33. The molecule has 1 N–H and O–H groups in total. The number of fused-ring (bicyclic) bond motifs is 1. The Morgan fingerprint density at radius 3 is 2.67 bits per heavy atom. The van der Waals surface area contributed by atoms with E-state index in [0.717, 1.165) is 28.3 Å². The number of carbonyl (C=O) groups is 1. The molecule has 0 radical (unpaired) electrons. The van der Waals surface area contributed by atoms with Crippen LogP contribution in [0.3, 0.4) is 0 Å². The molecule has 0 aliphatic heterocycles. The lowest BCUT2D eigenvalue weighted by molar-refractivity contribution is 0.112. The van der Waals surface area contributed by atoms with Gasteiger partial charge in [0, 0.05) is 28.9 Å². The summed E-state index contributed by atoms with van der Waals surface area (Å²) < 4.78 is 0. The summed E-state index contributed by atoms with van der Waals surface area (Å²) in [6.45, 7) is 0. The monoisotopic (exact) mass is 256 g/mol. The zero-order valence-corrected chi connectivity index (χ0v) is 10.1. The molecule has 0 bridgehead atoms. The Labute approximate surface area is 108 Å². The molecule has 0 saturated heterocycles. The maximum absolute atomic E-state index is 10.6. The zero-order chi connectivity index (χ0) is 12.5. The maximum atomic E-state index is 10.6. The minimum Gasteiger partial charge on any atom is -0.361 e. The predicted octanol–water partition coefficient (Wildman–Crippen LogP) is 3.70. The molecule has 0 spiro atoms. The van der Waals surface area contributed by atoms with Gasteiger partial charge in [-0.15, -0.1) is 0 Å². The molecule has 2 heterocycles. The molecular weight excluding hydrogens is 248 g/mol. The lowest BCUT2D eigenvalue weighted by Gasteiger charge is -2.04. The van der Waals surface area contributed by atoms with Gasteiger partial charge in [-0.1, -0.05) is 35.9 Å². The highest BCUT2D eigenvalue weighted by Crippen LogP contribution is 2.30. The first kappa shape index (κ1) is 11.0. The van der Waals surface area contributed by atoms with Crippen molar-refractivity contribution < 1.29 is 4.79 Å². The normalized spacial score (nSPS) is 10.7. The number of aromatic nitrogens is 2. The molecule has 0 atom stereocenters. The van der Waals surface area contributed by atoms with Crippen molar-refractivity contribution in [3.63, 3.8) is 0 Å². The van der Waals surface area contributed by atoms with Crippen LogP contribution in [0.15, 0.2) is 42.7 Å². The van der Waals surface area contributed by atoms with Gasteiger partial charge in [0.05, 0.1) is 5.52 Å². The van der Waals surface area contributed by atoms with Crippen LogP contribution in [-0.2, 0) is 0 Å². The molecule has 1 aromatic carbocycles. The van der Waals surface area contributed by atoms with E-state index < -0.39 is 0 Å². The van der Waals surface area contributed by atoms with Crippen LogP contribution < -0.4 is 0 Å². The Morgan fingerprint density at radius 1 is 1.17 bits per heavy atom. The van der Waals surface area contributed by atoms with Gasteiger partial charge >= 0.3 is 0 Å². The summed E-state index contributed by atoms with van der Waals surface area (Å²) >= 11 is 6.03. The number of aldehydes is 1. The molecule has 88 valence electrons. The highest BCUT2D eigenvalue weighted by atomic mass is 35.5. The van der Waals surface area contributed by atoms with Gasteiger partial charge in [0.25, 0.3) is 0 Å². The lowest BCUT2D eigenvalue weighted by Crippen LogP contribution is -1.85. The number of nitrogens with zero attached hydrogens (tertiary/aromatic N) is 1. The maximum Gasteiger partial charge on any atom is 0.150 e. The third-order valence-corrected chi connectivity index (χ3v) is 3.20. The molecular formula is C14H9ClN2O. The number of H-pyrrole nitrogens is 1. The second-order valence-electron chi connectivity index (χ2n) is 3.97. The van der Waals surface area contributed by atoms with E-state index in [1.54, 1.807) is 18.3 Å². The third-order valence-electron chi connectivity index (χ3n) is 2.90. The molecule has 2 aromatic heterocycles. The number of rotatable bonds is 2. The number of benzene rings is 1. The molecule has 0 saturated carbocycles. The first-order chi connectivity index (χ1) is 8.79. The van der Waals surface area contributed by atoms with Crippen molar-refractivity contribution >= 4 is 28.8 Å². The standard InChI is InChI=1S/C14H9ClN2O/c15-14-11-5-6-16-13(11)12(7-17-14)10-3-1-9(8-18)2-4-10/h1-8,16H. The van der Waals surface area contributed by atoms with Crippen LogP contribution in [0.1, 0.15) is 10.4 Å². The van der Waals surface area contributed by atoms with Crippen molar-refractivity contribution in [2.75, 3.05) is 0 Å². The Bertz CT molecular complexity index is 716. The molecule has 0 aliphatic carbocycles. The number of nitrogens with one attached hydrogen (secondary N) is 1. The SMILES string of the molecule is O=Cc1ccc(-c2cnc(Cl)c3cc[nH]c23)cc1. The van der Waals surface area contributed by atoms with Crippen molar-refractivity contribution in [2.45, 2.75) is 0 Å². The zero-order valence-electron chi connectivity index (χ0n) is 9.35. The van der Waals surface area contributed by atoms with Crippen molar-refractivity contribution in [2.24, 2.45) is 0 Å². The average Bonchev–Trinajstić information content (AvgIpc) is 2.90. The van der Waals surface area contributed by atoms with Gasteiger partial charge in [0.1, 0.15) is 11.4 Å². The molecule has 3 rings (SSSR count). The van der Waals surface area contributed by atoms with Gasteiger partial charge in [-0.3, -0.25) is 4.79 Å². The summed E-state index contributed by atoms with van der Waals surface area (Å²) in [6.07, 6.45) is 4.40. The quantitative estimate of drug-likeness (QED) is 0.561. The molecule has 0 aliphatic rings. The van der Waals surface area contributed by atoms with Gasteiger partial charge < -0.3 is 4.98 Å². The Morgan fingerprint density at radius 2 is 1.94 bits per heavy atom. The van der Waals surface area contributed by atoms with E-state index in [4.69, 9.17) is 11.6 Å². The van der Waals surface area contributed by atoms with Gasteiger partial charge in [0.2, 0.25) is 0 Å². The number of pyridine rings is 1. The molecule has 3 aromatic rings. The van der Waals surface area contributed by atoms with E-state index in [-0.39, 0.29) is 0 Å². The summed E-state index contributed by atoms with van der Waals surface area (Å²) in [5, 5.41) is 1.38. The van der Waals surface area contributed by atoms with Crippen LogP contribution in [0.4, 0.5) is 0 Å². The highest BCUT2D eigenvalue weighted by Gasteiger charge is 2.08. The van der Waals surface area contributed by atoms with E-state index in [1.165, 1.54) is 0 Å². The topological polar surface area (TPSA) is 45.8 Å². The second kappa shape index (κ2) is 4.27. The van der Waals surface area contributed by atoms with E-state index in [1.807, 2.05) is 24.4 Å². The molecule has 18 heavy (non-hydrogen) atoms. The molecule has 4 heteroatoms. The van der Waals surface area contributed by atoms with Crippen LogP contribution in [0, 0.1) is 0 Å². The summed E-state index contributed by atoms with van der Waals surface area (Å²) in [5.41, 5.74) is 3.58. The van der Waals surface area contributed by atoms with Gasteiger partial charge in [-0.25, -0.2) is 4.98 Å². The molecule has 0 amide bonds. The molecule has 3 nitrogen and oxygen atoms in total. The Hall–Kier alpha value is -2.13. The Balaban J connectivity index is 2.21. The van der Waals surface area contributed by atoms with Crippen LogP contribution in [0.2, 0.25) is 5.15 Å². The van der Waals surface area contributed by atoms with Crippen molar-refractivity contribution in [1.82, 2.24) is 9.97 Å². The van der Waals surface area contributed by atoms with E-state index >= 15 is 0 Å². The number of halogens is 1. The third kappa shape index (κ3) is 1.69. The van der Waals surface area contributed by atoms with E-state index in [0.29, 0.717) is 10.7 Å². The first-order valence-electron chi connectivity index (χ1n) is 5.47. The highest BCUT2D eigenvalue weighted by molar-refractivity contribution is 6.34. The number of carbonyl (C=O) groups excluding carboxylic acids is 1. The van der Waals surface area contributed by atoms with Crippen molar-refractivity contribution in [3.05, 3.63) is 53.4 Å². The summed E-state index contributed by atoms with van der Waals surface area (Å²) in [4.78, 5) is 18.0. The largest absolute Gasteiger partial charge is 0.361 e. The summed E-state index contributed by atoms with van der Waals surface area (Å²) in [7, 11) is 0. The van der Waals surface area contributed by atoms with Crippen LogP contribution in [0.25, 0.3) is 22.0 Å². The fourth-order valence-electron chi connectivity index (χ4n) is 1.98. The van der Waals surface area contributed by atoms with Gasteiger partial charge in [0.15, 0.2) is 0 Å². The van der Waals surface area contributed by atoms with E-state index in [9.17, 15) is 4.79 Å². The minimum atomic E-state index is 0.486. The van der Waals surface area contributed by atoms with Crippen molar-refractivity contribution in [1.29, 1.82) is 0 Å².